The molecule has 0 saturated carbocycles. The molecule has 0 fully saturated rings. The van der Waals surface area contributed by atoms with E-state index < -0.39 is 0 Å². The van der Waals surface area contributed by atoms with Crippen LogP contribution in [0.2, 0.25) is 0 Å². The van der Waals surface area contributed by atoms with Gasteiger partial charge in [-0.2, -0.15) is 5.10 Å². The molecule has 3 nitrogen and oxygen atoms in total. The zero-order valence-corrected chi connectivity index (χ0v) is 10.6. The van der Waals surface area contributed by atoms with Gasteiger partial charge in [0.1, 0.15) is 11.6 Å². The lowest BCUT2D eigenvalue weighted by Crippen LogP contribution is -1.97. The number of anilines is 1. The first-order chi connectivity index (χ1) is 9.29. The minimum Gasteiger partial charge on any atom is -0.493 e. The molecule has 0 aliphatic heterocycles. The number of nitrogens with zero attached hydrogens (tertiary/aromatic N) is 1. The van der Waals surface area contributed by atoms with E-state index in [9.17, 15) is 4.39 Å². The summed E-state index contributed by atoms with van der Waals surface area (Å²) in [5.41, 5.74) is 4.45. The second-order valence-corrected chi connectivity index (χ2v) is 3.85. The fraction of sp³-hybridized carbons (Fsp3) is 0.133. The first-order valence-corrected chi connectivity index (χ1v) is 6.06. The maximum absolute atomic E-state index is 12.7. The van der Waals surface area contributed by atoms with Crippen LogP contribution in [0.5, 0.6) is 5.75 Å². The predicted octanol–water partition coefficient (Wildman–Crippen LogP) is 3.67. The van der Waals surface area contributed by atoms with E-state index in [4.69, 9.17) is 4.74 Å². The number of ether oxygens (including phenoxy) is 1. The van der Waals surface area contributed by atoms with Gasteiger partial charge in [0, 0.05) is 5.56 Å². The van der Waals surface area contributed by atoms with Gasteiger partial charge >= 0.3 is 0 Å². The Morgan fingerprint density at radius 1 is 1.16 bits per heavy atom. The van der Waals surface area contributed by atoms with Gasteiger partial charge in [-0.25, -0.2) is 4.39 Å². The van der Waals surface area contributed by atoms with Crippen molar-refractivity contribution in [2.24, 2.45) is 5.10 Å². The second-order valence-electron chi connectivity index (χ2n) is 3.85. The maximum Gasteiger partial charge on any atom is 0.128 e. The van der Waals surface area contributed by atoms with Crippen LogP contribution in [0.1, 0.15) is 12.5 Å². The van der Waals surface area contributed by atoms with E-state index in [1.807, 2.05) is 31.2 Å². The van der Waals surface area contributed by atoms with Gasteiger partial charge in [0.2, 0.25) is 0 Å². The van der Waals surface area contributed by atoms with Crippen molar-refractivity contribution >= 4 is 11.9 Å². The molecular formula is C15H15FN2O. The summed E-state index contributed by atoms with van der Waals surface area (Å²) in [6.45, 7) is 2.54. The van der Waals surface area contributed by atoms with E-state index in [2.05, 4.69) is 10.5 Å². The molecule has 0 heterocycles. The van der Waals surface area contributed by atoms with Crippen molar-refractivity contribution in [3.63, 3.8) is 0 Å². The SMILES string of the molecule is CCOc1ccccc1/C=N/Nc1ccc(F)cc1. The normalized spacial score (nSPS) is 10.6. The molecule has 1 N–H and O–H groups in total. The van der Waals surface area contributed by atoms with Crippen LogP contribution in [0.25, 0.3) is 0 Å². The predicted molar refractivity (Wildman–Crippen MR) is 75.2 cm³/mol. The molecule has 2 aromatic rings. The topological polar surface area (TPSA) is 33.6 Å². The van der Waals surface area contributed by atoms with Crippen LogP contribution >= 0.6 is 0 Å². The van der Waals surface area contributed by atoms with Gasteiger partial charge in [-0.3, -0.25) is 5.43 Å². The summed E-state index contributed by atoms with van der Waals surface area (Å²) < 4.78 is 18.2. The largest absolute Gasteiger partial charge is 0.493 e. The van der Waals surface area contributed by atoms with Gasteiger partial charge in [-0.15, -0.1) is 0 Å². The molecular weight excluding hydrogens is 243 g/mol. The number of hydrogen-bond donors (Lipinski definition) is 1. The van der Waals surface area contributed by atoms with E-state index in [1.165, 1.54) is 12.1 Å². The number of hydrogen-bond acceptors (Lipinski definition) is 3. The fourth-order valence-corrected chi connectivity index (χ4v) is 1.57. The van der Waals surface area contributed by atoms with Gasteiger partial charge in [-0.1, -0.05) is 12.1 Å². The Hall–Kier alpha value is -2.36. The van der Waals surface area contributed by atoms with Crippen molar-refractivity contribution < 1.29 is 9.13 Å². The zero-order valence-electron chi connectivity index (χ0n) is 10.6. The summed E-state index contributed by atoms with van der Waals surface area (Å²) in [6.07, 6.45) is 1.67. The van der Waals surface area contributed by atoms with Crippen LogP contribution in [0, 0.1) is 5.82 Å². The monoisotopic (exact) mass is 258 g/mol. The standard InChI is InChI=1S/C15H15FN2O/c1-2-19-15-6-4-3-5-12(15)11-17-18-14-9-7-13(16)8-10-14/h3-11,18H,2H2,1H3/b17-11+. The summed E-state index contributed by atoms with van der Waals surface area (Å²) in [5, 5.41) is 4.11. The van der Waals surface area contributed by atoms with Crippen molar-refractivity contribution in [2.45, 2.75) is 6.92 Å². The zero-order chi connectivity index (χ0) is 13.5. The Morgan fingerprint density at radius 2 is 1.89 bits per heavy atom. The van der Waals surface area contributed by atoms with E-state index in [1.54, 1.807) is 18.3 Å². The van der Waals surface area contributed by atoms with Crippen LogP contribution in [-0.4, -0.2) is 12.8 Å². The molecule has 0 atom stereocenters. The molecule has 0 radical (unpaired) electrons. The number of para-hydroxylation sites is 1. The number of hydrazone groups is 1. The third kappa shape index (κ3) is 3.81. The van der Waals surface area contributed by atoms with Crippen LogP contribution in [-0.2, 0) is 0 Å². The van der Waals surface area contributed by atoms with E-state index in [0.717, 1.165) is 17.0 Å². The first-order valence-electron chi connectivity index (χ1n) is 6.06. The number of rotatable bonds is 5. The Bertz CT molecular complexity index is 552. The molecule has 2 rings (SSSR count). The van der Waals surface area contributed by atoms with Crippen LogP contribution in [0.4, 0.5) is 10.1 Å². The highest BCUT2D eigenvalue weighted by Crippen LogP contribution is 2.16. The average molecular weight is 258 g/mol. The minimum atomic E-state index is -0.267. The van der Waals surface area contributed by atoms with E-state index in [-0.39, 0.29) is 5.82 Å². The lowest BCUT2D eigenvalue weighted by atomic mass is 10.2. The summed E-state index contributed by atoms with van der Waals surface area (Å²) in [6, 6.07) is 13.7. The van der Waals surface area contributed by atoms with Crippen LogP contribution in [0.15, 0.2) is 53.6 Å². The Kier molecular flexibility index (Phi) is 4.50. The van der Waals surface area contributed by atoms with Crippen molar-refractivity contribution in [3.8, 4) is 5.75 Å². The highest BCUT2D eigenvalue weighted by atomic mass is 19.1. The van der Waals surface area contributed by atoms with Gasteiger partial charge in [0.25, 0.3) is 0 Å². The summed E-state index contributed by atoms with van der Waals surface area (Å²) in [7, 11) is 0. The number of benzene rings is 2. The van der Waals surface area contributed by atoms with Gasteiger partial charge < -0.3 is 4.74 Å². The number of halogens is 1. The molecule has 0 aromatic heterocycles. The molecule has 0 aliphatic rings. The average Bonchev–Trinajstić information content (AvgIpc) is 2.43. The third-order valence-corrected chi connectivity index (χ3v) is 2.46. The van der Waals surface area contributed by atoms with Crippen LogP contribution in [0.3, 0.4) is 0 Å². The lowest BCUT2D eigenvalue weighted by Gasteiger charge is -2.06. The van der Waals surface area contributed by atoms with Crippen molar-refractivity contribution in [3.05, 3.63) is 59.9 Å². The first kappa shape index (κ1) is 13.1. The van der Waals surface area contributed by atoms with E-state index >= 15 is 0 Å². The van der Waals surface area contributed by atoms with Crippen molar-refractivity contribution in [1.82, 2.24) is 0 Å². The van der Waals surface area contributed by atoms with E-state index in [0.29, 0.717) is 6.61 Å². The lowest BCUT2D eigenvalue weighted by molar-refractivity contribution is 0.340. The Morgan fingerprint density at radius 3 is 2.63 bits per heavy atom. The highest BCUT2D eigenvalue weighted by Gasteiger charge is 1.98. The Balaban J connectivity index is 2.04. The number of nitrogens with one attached hydrogen (secondary N) is 1. The van der Waals surface area contributed by atoms with Gasteiger partial charge in [0.05, 0.1) is 18.5 Å². The highest BCUT2D eigenvalue weighted by molar-refractivity contribution is 5.83. The minimum absolute atomic E-state index is 0.267. The summed E-state index contributed by atoms with van der Waals surface area (Å²) >= 11 is 0. The quantitative estimate of drug-likeness (QED) is 0.655. The molecule has 0 unspecified atom stereocenters. The third-order valence-electron chi connectivity index (χ3n) is 2.46. The summed E-state index contributed by atoms with van der Waals surface area (Å²) in [4.78, 5) is 0. The molecule has 4 heteroatoms. The smallest absolute Gasteiger partial charge is 0.128 e. The molecule has 0 saturated heterocycles. The molecule has 98 valence electrons. The molecule has 0 spiro atoms. The van der Waals surface area contributed by atoms with Gasteiger partial charge in [-0.05, 0) is 43.3 Å². The fourth-order valence-electron chi connectivity index (χ4n) is 1.57. The van der Waals surface area contributed by atoms with Crippen LogP contribution < -0.4 is 10.2 Å². The molecule has 2 aromatic carbocycles. The Labute approximate surface area is 111 Å². The molecule has 0 bridgehead atoms. The molecule has 0 aliphatic carbocycles. The second kappa shape index (κ2) is 6.54. The van der Waals surface area contributed by atoms with Crippen molar-refractivity contribution in [2.75, 3.05) is 12.0 Å². The molecule has 0 amide bonds. The maximum atomic E-state index is 12.7. The molecule has 19 heavy (non-hydrogen) atoms. The van der Waals surface area contributed by atoms with Crippen molar-refractivity contribution in [1.29, 1.82) is 0 Å². The summed E-state index contributed by atoms with van der Waals surface area (Å²) in [5.74, 6) is 0.519. The van der Waals surface area contributed by atoms with Gasteiger partial charge in [0.15, 0.2) is 0 Å².